The number of nitrogens with two attached hydrogens (primary N) is 1. The van der Waals surface area contributed by atoms with E-state index in [2.05, 4.69) is 10.5 Å². The molecule has 6 heteroatoms. The molecule has 0 spiro atoms. The van der Waals surface area contributed by atoms with Crippen LogP contribution in [0.2, 0.25) is 5.02 Å². The van der Waals surface area contributed by atoms with E-state index in [1.807, 2.05) is 17.8 Å². The molecule has 0 amide bonds. The van der Waals surface area contributed by atoms with Gasteiger partial charge in [-0.15, -0.1) is 0 Å². The van der Waals surface area contributed by atoms with Crippen LogP contribution in [0.3, 0.4) is 0 Å². The van der Waals surface area contributed by atoms with Gasteiger partial charge < -0.3 is 0 Å². The summed E-state index contributed by atoms with van der Waals surface area (Å²) in [5, 5.41) is 4.31. The first-order valence-electron chi connectivity index (χ1n) is 6.06. The number of nitrogens with zero attached hydrogens (tertiary/aromatic N) is 2. The fraction of sp³-hybridized carbons (Fsp3) is 0.308. The average Bonchev–Trinajstić information content (AvgIpc) is 2.87. The zero-order valence-corrected chi connectivity index (χ0v) is 11.4. The van der Waals surface area contributed by atoms with E-state index < -0.39 is 5.82 Å². The van der Waals surface area contributed by atoms with E-state index in [4.69, 9.17) is 17.4 Å². The quantitative estimate of drug-likeness (QED) is 0.654. The van der Waals surface area contributed by atoms with E-state index in [0.29, 0.717) is 6.42 Å². The van der Waals surface area contributed by atoms with Gasteiger partial charge in [-0.1, -0.05) is 17.7 Å². The van der Waals surface area contributed by atoms with Crippen LogP contribution in [0.4, 0.5) is 4.39 Å². The molecule has 2 rings (SSSR count). The van der Waals surface area contributed by atoms with Gasteiger partial charge in [-0.2, -0.15) is 5.10 Å². The Kier molecular flexibility index (Phi) is 4.52. The van der Waals surface area contributed by atoms with E-state index >= 15 is 0 Å². The summed E-state index contributed by atoms with van der Waals surface area (Å²) in [6.45, 7) is 2.83. The van der Waals surface area contributed by atoms with Crippen LogP contribution in [0.15, 0.2) is 30.6 Å². The van der Waals surface area contributed by atoms with Crippen molar-refractivity contribution in [3.8, 4) is 0 Å². The maximum absolute atomic E-state index is 13.5. The van der Waals surface area contributed by atoms with E-state index in [1.54, 1.807) is 12.3 Å². The highest BCUT2D eigenvalue weighted by Crippen LogP contribution is 2.22. The lowest BCUT2D eigenvalue weighted by Crippen LogP contribution is -2.29. The van der Waals surface area contributed by atoms with Crippen LogP contribution in [0.5, 0.6) is 0 Å². The molecule has 0 aliphatic heterocycles. The molecule has 0 aliphatic carbocycles. The first-order valence-corrected chi connectivity index (χ1v) is 6.44. The van der Waals surface area contributed by atoms with Crippen LogP contribution in [0.25, 0.3) is 0 Å². The van der Waals surface area contributed by atoms with Gasteiger partial charge in [0, 0.05) is 12.7 Å². The summed E-state index contributed by atoms with van der Waals surface area (Å²) in [4.78, 5) is 0. The van der Waals surface area contributed by atoms with Gasteiger partial charge in [-0.25, -0.2) is 4.39 Å². The molecule has 0 fully saturated rings. The average molecular weight is 283 g/mol. The minimum absolute atomic E-state index is 0.110. The summed E-state index contributed by atoms with van der Waals surface area (Å²) in [6.07, 6.45) is 4.38. The molecule has 1 unspecified atom stereocenters. The topological polar surface area (TPSA) is 55.9 Å². The minimum Gasteiger partial charge on any atom is -0.273 e. The molecule has 1 heterocycles. The lowest BCUT2D eigenvalue weighted by atomic mass is 10.0. The van der Waals surface area contributed by atoms with Crippen LogP contribution >= 0.6 is 11.6 Å². The molecule has 102 valence electrons. The highest BCUT2D eigenvalue weighted by molar-refractivity contribution is 6.30. The largest absolute Gasteiger partial charge is 0.273 e. The molecule has 0 bridgehead atoms. The third-order valence-corrected chi connectivity index (χ3v) is 3.30. The van der Waals surface area contributed by atoms with Gasteiger partial charge in [0.1, 0.15) is 5.82 Å². The molecule has 4 nitrogen and oxygen atoms in total. The molecule has 2 aromatic rings. The predicted octanol–water partition coefficient (Wildman–Crippen LogP) is 2.44. The van der Waals surface area contributed by atoms with Crippen molar-refractivity contribution in [1.82, 2.24) is 15.2 Å². The number of nitrogens with one attached hydrogen (secondary N) is 1. The molecule has 0 saturated heterocycles. The summed E-state index contributed by atoms with van der Waals surface area (Å²) in [6, 6.07) is 4.52. The summed E-state index contributed by atoms with van der Waals surface area (Å²) < 4.78 is 15.3. The Morgan fingerprint density at radius 1 is 1.53 bits per heavy atom. The molecule has 0 radical (unpaired) electrons. The molecule has 1 aromatic heterocycles. The number of aromatic nitrogens is 2. The number of benzene rings is 1. The van der Waals surface area contributed by atoms with Gasteiger partial charge in [0.05, 0.1) is 17.3 Å². The fourth-order valence-electron chi connectivity index (χ4n) is 1.92. The van der Waals surface area contributed by atoms with Gasteiger partial charge in [0.15, 0.2) is 0 Å². The number of hydrogen-bond donors (Lipinski definition) is 2. The lowest BCUT2D eigenvalue weighted by Gasteiger charge is -2.15. The van der Waals surface area contributed by atoms with Crippen LogP contribution in [-0.4, -0.2) is 9.78 Å². The van der Waals surface area contributed by atoms with Crippen molar-refractivity contribution in [3.63, 3.8) is 0 Å². The van der Waals surface area contributed by atoms with E-state index in [9.17, 15) is 4.39 Å². The monoisotopic (exact) mass is 282 g/mol. The second-order valence-electron chi connectivity index (χ2n) is 4.30. The van der Waals surface area contributed by atoms with Gasteiger partial charge in [-0.05, 0) is 36.6 Å². The number of aryl methyl sites for hydroxylation is 1. The molecule has 0 aliphatic rings. The Morgan fingerprint density at radius 3 is 2.89 bits per heavy atom. The molecule has 19 heavy (non-hydrogen) atoms. The Hall–Kier alpha value is -1.43. The lowest BCUT2D eigenvalue weighted by molar-refractivity contribution is 0.544. The summed E-state index contributed by atoms with van der Waals surface area (Å²) in [5.74, 6) is 5.11. The Bertz CT molecular complexity index is 555. The highest BCUT2D eigenvalue weighted by Gasteiger charge is 2.13. The van der Waals surface area contributed by atoms with E-state index in [0.717, 1.165) is 17.7 Å². The van der Waals surface area contributed by atoms with Gasteiger partial charge in [0.2, 0.25) is 0 Å². The van der Waals surface area contributed by atoms with Crippen molar-refractivity contribution in [2.24, 2.45) is 5.84 Å². The van der Waals surface area contributed by atoms with Crippen LogP contribution < -0.4 is 11.3 Å². The van der Waals surface area contributed by atoms with Gasteiger partial charge >= 0.3 is 0 Å². The summed E-state index contributed by atoms with van der Waals surface area (Å²) in [5.41, 5.74) is 4.49. The molecule has 0 saturated carbocycles. The Balaban J connectivity index is 2.17. The van der Waals surface area contributed by atoms with Crippen molar-refractivity contribution >= 4 is 11.6 Å². The normalized spacial score (nSPS) is 12.6. The maximum Gasteiger partial charge on any atom is 0.142 e. The summed E-state index contributed by atoms with van der Waals surface area (Å²) in [7, 11) is 0. The van der Waals surface area contributed by atoms with Crippen LogP contribution in [-0.2, 0) is 13.0 Å². The second-order valence-corrected chi connectivity index (χ2v) is 4.71. The van der Waals surface area contributed by atoms with Gasteiger partial charge in [-0.3, -0.25) is 16.0 Å². The van der Waals surface area contributed by atoms with Crippen molar-refractivity contribution in [2.45, 2.75) is 25.9 Å². The SMILES string of the molecule is CCn1cc(CC(NN)c2ccc(Cl)c(F)c2)cn1. The maximum atomic E-state index is 13.5. The fourth-order valence-corrected chi connectivity index (χ4v) is 2.04. The zero-order chi connectivity index (χ0) is 13.8. The number of rotatable bonds is 5. The first kappa shape index (κ1) is 14.0. The third-order valence-electron chi connectivity index (χ3n) is 3.00. The summed E-state index contributed by atoms with van der Waals surface area (Å²) >= 11 is 5.67. The first-order chi connectivity index (χ1) is 9.13. The minimum atomic E-state index is -0.441. The highest BCUT2D eigenvalue weighted by atomic mass is 35.5. The van der Waals surface area contributed by atoms with Crippen LogP contribution in [0.1, 0.15) is 24.1 Å². The Morgan fingerprint density at radius 2 is 2.32 bits per heavy atom. The van der Waals surface area contributed by atoms with Crippen molar-refractivity contribution in [1.29, 1.82) is 0 Å². The molecular weight excluding hydrogens is 267 g/mol. The van der Waals surface area contributed by atoms with Gasteiger partial charge in [0.25, 0.3) is 0 Å². The van der Waals surface area contributed by atoms with E-state index in [-0.39, 0.29) is 11.1 Å². The molecular formula is C13H16ClFN4. The number of halogens is 2. The standard InChI is InChI=1S/C13H16ClFN4/c1-2-19-8-9(7-17-19)5-13(18-16)10-3-4-11(14)12(15)6-10/h3-4,6-8,13,18H,2,5,16H2,1H3. The second kappa shape index (κ2) is 6.14. The smallest absolute Gasteiger partial charge is 0.142 e. The molecule has 1 aromatic carbocycles. The van der Waals surface area contributed by atoms with Crippen LogP contribution in [0, 0.1) is 5.82 Å². The third kappa shape index (κ3) is 3.32. The van der Waals surface area contributed by atoms with Crippen molar-refractivity contribution in [2.75, 3.05) is 0 Å². The van der Waals surface area contributed by atoms with Crippen molar-refractivity contribution < 1.29 is 4.39 Å². The molecule has 3 N–H and O–H groups in total. The Labute approximate surface area is 116 Å². The number of hydrogen-bond acceptors (Lipinski definition) is 3. The van der Waals surface area contributed by atoms with Crippen molar-refractivity contribution in [3.05, 3.63) is 52.6 Å². The van der Waals surface area contributed by atoms with E-state index in [1.165, 1.54) is 12.1 Å². The number of hydrazine groups is 1. The zero-order valence-electron chi connectivity index (χ0n) is 10.6. The molecule has 1 atom stereocenters. The predicted molar refractivity (Wildman–Crippen MR) is 73.1 cm³/mol.